The van der Waals surface area contributed by atoms with Gasteiger partial charge in [-0.25, -0.2) is 0 Å². The van der Waals surface area contributed by atoms with Gasteiger partial charge < -0.3 is 5.32 Å². The first-order valence-electron chi connectivity index (χ1n) is 6.07. The third-order valence-corrected chi connectivity index (χ3v) is 2.72. The van der Waals surface area contributed by atoms with E-state index in [4.69, 9.17) is 0 Å². The van der Waals surface area contributed by atoms with Gasteiger partial charge >= 0.3 is 0 Å². The third kappa shape index (κ3) is 2.56. The molecule has 0 fully saturated rings. The van der Waals surface area contributed by atoms with Gasteiger partial charge in [-0.05, 0) is 11.6 Å². The summed E-state index contributed by atoms with van der Waals surface area (Å²) in [6.45, 7) is 2.90. The fraction of sp³-hybridized carbons (Fsp3) is 0.308. The van der Waals surface area contributed by atoms with Crippen molar-refractivity contribution in [3.05, 3.63) is 35.2 Å². The summed E-state index contributed by atoms with van der Waals surface area (Å²) >= 11 is 0. The van der Waals surface area contributed by atoms with Crippen LogP contribution in [0.15, 0.2) is 35.5 Å². The monoisotopic (exact) mass is 244 g/mol. The highest BCUT2D eigenvalue weighted by Gasteiger charge is 2.14. The van der Waals surface area contributed by atoms with E-state index in [1.54, 1.807) is 0 Å². The minimum Gasteiger partial charge on any atom is -0.367 e. The van der Waals surface area contributed by atoms with Gasteiger partial charge in [0.05, 0.1) is 5.69 Å². The van der Waals surface area contributed by atoms with E-state index < -0.39 is 0 Å². The lowest BCUT2D eigenvalue weighted by atomic mass is 10.1. The molecule has 5 heteroatoms. The minimum absolute atomic E-state index is 0.345. The van der Waals surface area contributed by atoms with Gasteiger partial charge in [0.25, 0.3) is 0 Å². The number of aromatic amines is 1. The summed E-state index contributed by atoms with van der Waals surface area (Å²) in [6, 6.07) is 9.58. The molecule has 0 aliphatic rings. The zero-order valence-electron chi connectivity index (χ0n) is 10.3. The van der Waals surface area contributed by atoms with Crippen LogP contribution in [0.25, 0.3) is 11.3 Å². The highest BCUT2D eigenvalue weighted by atomic mass is 16.3. The van der Waals surface area contributed by atoms with E-state index in [0.29, 0.717) is 17.2 Å². The van der Waals surface area contributed by atoms with E-state index >= 15 is 0 Å². The summed E-state index contributed by atoms with van der Waals surface area (Å²) in [7, 11) is 0. The summed E-state index contributed by atoms with van der Waals surface area (Å²) in [5, 5.41) is 13.2. The van der Waals surface area contributed by atoms with Crippen molar-refractivity contribution in [1.29, 1.82) is 0 Å². The van der Waals surface area contributed by atoms with Gasteiger partial charge in [0.1, 0.15) is 0 Å². The molecule has 2 rings (SSSR count). The number of aromatic nitrogens is 2. The van der Waals surface area contributed by atoms with Crippen LogP contribution in [0.1, 0.15) is 19.8 Å². The average molecular weight is 244 g/mol. The van der Waals surface area contributed by atoms with Crippen LogP contribution in [0.2, 0.25) is 0 Å². The van der Waals surface area contributed by atoms with Gasteiger partial charge in [0, 0.05) is 12.1 Å². The first-order chi connectivity index (χ1) is 8.86. The Morgan fingerprint density at radius 3 is 2.78 bits per heavy atom. The molecule has 1 aromatic carbocycles. The quantitative estimate of drug-likeness (QED) is 0.601. The summed E-state index contributed by atoms with van der Waals surface area (Å²) in [4.78, 5) is 11.0. The molecule has 0 aliphatic heterocycles. The second kappa shape index (κ2) is 5.95. The molecule has 2 aromatic rings. The van der Waals surface area contributed by atoms with Crippen LogP contribution in [0.5, 0.6) is 0 Å². The minimum atomic E-state index is 0.345. The van der Waals surface area contributed by atoms with Crippen LogP contribution < -0.4 is 5.32 Å². The first-order valence-corrected chi connectivity index (χ1v) is 6.07. The molecule has 0 aliphatic carbocycles. The lowest BCUT2D eigenvalue weighted by molar-refractivity contribution is 0.830. The molecule has 94 valence electrons. The number of nitrogens with zero attached hydrogens (tertiary/aromatic N) is 2. The Balaban J connectivity index is 2.25. The molecule has 5 nitrogen and oxygen atoms in total. The third-order valence-electron chi connectivity index (χ3n) is 2.72. The van der Waals surface area contributed by atoms with Crippen molar-refractivity contribution < 1.29 is 0 Å². The number of H-pyrrole nitrogens is 1. The van der Waals surface area contributed by atoms with Crippen LogP contribution in [0, 0.1) is 4.91 Å². The number of nitroso groups, excluding NO2 is 1. The van der Waals surface area contributed by atoms with Gasteiger partial charge in [-0.1, -0.05) is 43.7 Å². The SMILES string of the molecule is CCCCNc1n[nH]c(-c2ccccc2)c1N=O. The molecule has 0 atom stereocenters. The van der Waals surface area contributed by atoms with Gasteiger partial charge in [0.2, 0.25) is 0 Å². The van der Waals surface area contributed by atoms with Crippen molar-refractivity contribution in [2.24, 2.45) is 5.18 Å². The second-order valence-electron chi connectivity index (χ2n) is 4.03. The average Bonchev–Trinajstić information content (AvgIpc) is 2.83. The van der Waals surface area contributed by atoms with E-state index in [1.165, 1.54) is 0 Å². The smallest absolute Gasteiger partial charge is 0.178 e. The number of anilines is 1. The number of rotatable bonds is 6. The summed E-state index contributed by atoms with van der Waals surface area (Å²) in [6.07, 6.45) is 2.12. The number of hydrogen-bond donors (Lipinski definition) is 2. The highest BCUT2D eigenvalue weighted by Crippen LogP contribution is 2.34. The molecule has 18 heavy (non-hydrogen) atoms. The van der Waals surface area contributed by atoms with E-state index in [-0.39, 0.29) is 0 Å². The topological polar surface area (TPSA) is 70.1 Å². The van der Waals surface area contributed by atoms with Crippen LogP contribution in [-0.4, -0.2) is 16.7 Å². The van der Waals surface area contributed by atoms with E-state index in [9.17, 15) is 4.91 Å². The molecule has 1 heterocycles. The molecule has 0 unspecified atom stereocenters. The molecular formula is C13H16N4O. The van der Waals surface area contributed by atoms with Gasteiger partial charge in [0.15, 0.2) is 11.5 Å². The standard InChI is InChI=1S/C13H16N4O/c1-2-3-9-14-13-12(17-18)11(15-16-13)10-7-5-4-6-8-10/h4-8H,2-3,9H2,1H3,(H2,14,15,16). The van der Waals surface area contributed by atoms with Crippen molar-refractivity contribution >= 4 is 11.5 Å². The Morgan fingerprint density at radius 1 is 1.33 bits per heavy atom. The predicted molar refractivity (Wildman–Crippen MR) is 72.9 cm³/mol. The summed E-state index contributed by atoms with van der Waals surface area (Å²) in [5.41, 5.74) is 1.91. The molecule has 0 saturated carbocycles. The molecular weight excluding hydrogens is 228 g/mol. The number of unbranched alkanes of at least 4 members (excludes halogenated alkanes) is 1. The van der Waals surface area contributed by atoms with Crippen LogP contribution >= 0.6 is 0 Å². The fourth-order valence-electron chi connectivity index (χ4n) is 1.74. The summed E-state index contributed by atoms with van der Waals surface area (Å²) < 4.78 is 0. The molecule has 1 aromatic heterocycles. The maximum Gasteiger partial charge on any atom is 0.178 e. The number of nitrogens with one attached hydrogen (secondary N) is 2. The molecule has 0 saturated heterocycles. The Bertz CT molecular complexity index is 507. The van der Waals surface area contributed by atoms with E-state index in [0.717, 1.165) is 24.9 Å². The van der Waals surface area contributed by atoms with E-state index in [2.05, 4.69) is 27.6 Å². The van der Waals surface area contributed by atoms with Crippen LogP contribution in [0.3, 0.4) is 0 Å². The van der Waals surface area contributed by atoms with Crippen LogP contribution in [-0.2, 0) is 0 Å². The van der Waals surface area contributed by atoms with Crippen molar-refractivity contribution in [2.45, 2.75) is 19.8 Å². The Morgan fingerprint density at radius 2 is 2.11 bits per heavy atom. The van der Waals surface area contributed by atoms with Gasteiger partial charge in [-0.2, -0.15) is 5.10 Å². The number of benzene rings is 1. The molecule has 0 spiro atoms. The lowest BCUT2D eigenvalue weighted by Crippen LogP contribution is -2.01. The Kier molecular flexibility index (Phi) is 4.06. The van der Waals surface area contributed by atoms with Crippen molar-refractivity contribution in [3.63, 3.8) is 0 Å². The lowest BCUT2D eigenvalue weighted by Gasteiger charge is -2.01. The van der Waals surface area contributed by atoms with Crippen molar-refractivity contribution in [2.75, 3.05) is 11.9 Å². The highest BCUT2D eigenvalue weighted by molar-refractivity contribution is 5.80. The van der Waals surface area contributed by atoms with E-state index in [1.807, 2.05) is 30.3 Å². The van der Waals surface area contributed by atoms with Crippen molar-refractivity contribution in [1.82, 2.24) is 10.2 Å². The Labute approximate surface area is 106 Å². The number of hydrogen-bond acceptors (Lipinski definition) is 4. The largest absolute Gasteiger partial charge is 0.367 e. The maximum absolute atomic E-state index is 11.0. The predicted octanol–water partition coefficient (Wildman–Crippen LogP) is 3.69. The maximum atomic E-state index is 11.0. The summed E-state index contributed by atoms with van der Waals surface area (Å²) in [5.74, 6) is 0.525. The van der Waals surface area contributed by atoms with Gasteiger partial charge in [-0.15, -0.1) is 4.91 Å². The van der Waals surface area contributed by atoms with Crippen LogP contribution in [0.4, 0.5) is 11.5 Å². The molecule has 0 amide bonds. The molecule has 2 N–H and O–H groups in total. The molecule has 0 bridgehead atoms. The fourth-order valence-corrected chi connectivity index (χ4v) is 1.74. The normalized spacial score (nSPS) is 10.3. The second-order valence-corrected chi connectivity index (χ2v) is 4.03. The van der Waals surface area contributed by atoms with Gasteiger partial charge in [-0.3, -0.25) is 5.10 Å². The zero-order chi connectivity index (χ0) is 12.8. The van der Waals surface area contributed by atoms with Crippen molar-refractivity contribution in [3.8, 4) is 11.3 Å². The zero-order valence-corrected chi connectivity index (χ0v) is 10.3. The first kappa shape index (κ1) is 12.3. The Hall–Kier alpha value is -2.17. The molecule has 0 radical (unpaired) electrons.